The summed E-state index contributed by atoms with van der Waals surface area (Å²) in [5, 5.41) is 0.756. The van der Waals surface area contributed by atoms with E-state index in [2.05, 4.69) is 30.5 Å². The highest BCUT2D eigenvalue weighted by atomic mass is 32.2. The maximum Gasteiger partial charge on any atom is 0.0674 e. The molecule has 2 rings (SSSR count). The highest BCUT2D eigenvalue weighted by molar-refractivity contribution is 8.00. The Morgan fingerprint density at radius 3 is 2.87 bits per heavy atom. The summed E-state index contributed by atoms with van der Waals surface area (Å²) in [7, 11) is 0. The summed E-state index contributed by atoms with van der Waals surface area (Å²) in [5.41, 5.74) is 6.26. The molecule has 0 spiro atoms. The fourth-order valence-corrected chi connectivity index (χ4v) is 4.13. The number of hydrogen-bond acceptors (Lipinski definition) is 4. The van der Waals surface area contributed by atoms with Crippen molar-refractivity contribution in [1.82, 2.24) is 4.90 Å². The van der Waals surface area contributed by atoms with Gasteiger partial charge in [-0.25, -0.2) is 0 Å². The first-order valence-electron chi connectivity index (χ1n) is 5.84. The number of morpholine rings is 1. The molecule has 4 heteroatoms. The van der Waals surface area contributed by atoms with E-state index in [1.807, 2.05) is 0 Å². The Morgan fingerprint density at radius 1 is 1.53 bits per heavy atom. The second kappa shape index (κ2) is 4.62. The van der Waals surface area contributed by atoms with E-state index in [4.69, 9.17) is 10.5 Å². The number of ether oxygens (including phenoxy) is 1. The van der Waals surface area contributed by atoms with Crippen molar-refractivity contribution in [2.75, 3.05) is 32.0 Å². The molecule has 0 aliphatic carbocycles. The van der Waals surface area contributed by atoms with Crippen LogP contribution in [0.15, 0.2) is 0 Å². The third kappa shape index (κ3) is 2.33. The molecule has 15 heavy (non-hydrogen) atoms. The van der Waals surface area contributed by atoms with E-state index < -0.39 is 0 Å². The van der Waals surface area contributed by atoms with Crippen LogP contribution in [0.2, 0.25) is 0 Å². The molecule has 0 bridgehead atoms. The Bertz CT molecular complexity index is 227. The summed E-state index contributed by atoms with van der Waals surface area (Å²) in [6.45, 7) is 8.21. The smallest absolute Gasteiger partial charge is 0.0674 e. The van der Waals surface area contributed by atoms with Gasteiger partial charge in [-0.1, -0.05) is 6.92 Å². The van der Waals surface area contributed by atoms with Gasteiger partial charge < -0.3 is 10.5 Å². The lowest BCUT2D eigenvalue weighted by Gasteiger charge is -2.44. The lowest BCUT2D eigenvalue weighted by Crippen LogP contribution is -2.59. The fraction of sp³-hybridized carbons (Fsp3) is 1.00. The predicted octanol–water partition coefficient (Wildman–Crippen LogP) is 0.930. The molecule has 88 valence electrons. The lowest BCUT2D eigenvalue weighted by molar-refractivity contribution is -0.0549. The van der Waals surface area contributed by atoms with Crippen LogP contribution >= 0.6 is 11.8 Å². The second-order valence-corrected chi connectivity index (χ2v) is 6.31. The van der Waals surface area contributed by atoms with Crippen LogP contribution in [0.3, 0.4) is 0 Å². The average molecular weight is 230 g/mol. The highest BCUT2D eigenvalue weighted by Crippen LogP contribution is 2.38. The van der Waals surface area contributed by atoms with Crippen molar-refractivity contribution in [2.24, 2.45) is 5.73 Å². The van der Waals surface area contributed by atoms with E-state index in [1.54, 1.807) is 0 Å². The van der Waals surface area contributed by atoms with Crippen molar-refractivity contribution in [3.05, 3.63) is 0 Å². The van der Waals surface area contributed by atoms with Gasteiger partial charge >= 0.3 is 0 Å². The molecule has 0 aromatic carbocycles. The van der Waals surface area contributed by atoms with Crippen LogP contribution in [0.25, 0.3) is 0 Å². The number of hydrogen-bond donors (Lipinski definition) is 1. The summed E-state index contributed by atoms with van der Waals surface area (Å²) >= 11 is 2.06. The van der Waals surface area contributed by atoms with Crippen molar-refractivity contribution in [2.45, 2.75) is 37.2 Å². The quantitative estimate of drug-likeness (QED) is 0.766. The molecule has 0 saturated carbocycles. The number of rotatable bonds is 2. The van der Waals surface area contributed by atoms with Crippen LogP contribution in [0.4, 0.5) is 0 Å². The average Bonchev–Trinajstić information content (AvgIpc) is 2.61. The van der Waals surface area contributed by atoms with E-state index in [1.165, 1.54) is 12.2 Å². The Labute approximate surface area is 96.7 Å². The largest absolute Gasteiger partial charge is 0.376 e. The molecule has 2 aliphatic heterocycles. The molecule has 0 aromatic rings. The van der Waals surface area contributed by atoms with Crippen molar-refractivity contribution in [3.63, 3.8) is 0 Å². The maximum atomic E-state index is 6.01. The predicted molar refractivity (Wildman–Crippen MR) is 65.3 cm³/mol. The van der Waals surface area contributed by atoms with Gasteiger partial charge in [-0.2, -0.15) is 11.8 Å². The highest BCUT2D eigenvalue weighted by Gasteiger charge is 2.43. The number of nitrogens with two attached hydrogens (primary N) is 1. The maximum absolute atomic E-state index is 6.01. The van der Waals surface area contributed by atoms with Crippen molar-refractivity contribution in [3.8, 4) is 0 Å². The molecule has 0 radical (unpaired) electrons. The van der Waals surface area contributed by atoms with E-state index in [9.17, 15) is 0 Å². The molecule has 2 heterocycles. The van der Waals surface area contributed by atoms with Crippen molar-refractivity contribution in [1.29, 1.82) is 0 Å². The molecule has 2 N–H and O–H groups in total. The van der Waals surface area contributed by atoms with Gasteiger partial charge in [-0.3, -0.25) is 4.90 Å². The van der Waals surface area contributed by atoms with Gasteiger partial charge in [-0.15, -0.1) is 0 Å². The first kappa shape index (κ1) is 11.7. The van der Waals surface area contributed by atoms with Gasteiger partial charge in [0.2, 0.25) is 0 Å². The summed E-state index contributed by atoms with van der Waals surface area (Å²) in [6, 6.07) is 0. The van der Waals surface area contributed by atoms with Crippen LogP contribution in [-0.4, -0.2) is 53.8 Å². The Hall–Kier alpha value is 0.230. The van der Waals surface area contributed by atoms with Crippen LogP contribution in [0.1, 0.15) is 20.3 Å². The molecular weight excluding hydrogens is 208 g/mol. The molecule has 2 saturated heterocycles. The molecular formula is C11H22N2OS. The van der Waals surface area contributed by atoms with Gasteiger partial charge in [0.05, 0.1) is 12.7 Å². The van der Waals surface area contributed by atoms with E-state index in [0.29, 0.717) is 6.10 Å². The molecule has 2 aliphatic rings. The van der Waals surface area contributed by atoms with Gasteiger partial charge in [0.15, 0.2) is 0 Å². The van der Waals surface area contributed by atoms with Crippen molar-refractivity contribution < 1.29 is 4.74 Å². The zero-order valence-corrected chi connectivity index (χ0v) is 10.6. The minimum absolute atomic E-state index is 0.252. The topological polar surface area (TPSA) is 38.5 Å². The van der Waals surface area contributed by atoms with Crippen LogP contribution in [-0.2, 0) is 4.74 Å². The lowest BCUT2D eigenvalue weighted by atomic mass is 9.93. The summed E-state index contributed by atoms with van der Waals surface area (Å²) < 4.78 is 5.59. The third-order valence-electron chi connectivity index (χ3n) is 3.60. The minimum atomic E-state index is 0.252. The standard InChI is InChI=1S/C11H22N2OS/c1-9-6-13(3-4-14-9)11(7-12)5-10(2)15-8-11/h9-10H,3-8,12H2,1-2H3. The SMILES string of the molecule is CC1CN(C2(CN)CSC(C)C2)CCO1. The summed E-state index contributed by atoms with van der Waals surface area (Å²) in [6.07, 6.45) is 1.60. The van der Waals surface area contributed by atoms with E-state index in [0.717, 1.165) is 31.5 Å². The van der Waals surface area contributed by atoms with Gasteiger partial charge in [0.25, 0.3) is 0 Å². The molecule has 0 aromatic heterocycles. The molecule has 2 fully saturated rings. The van der Waals surface area contributed by atoms with E-state index >= 15 is 0 Å². The van der Waals surface area contributed by atoms with Gasteiger partial charge in [0.1, 0.15) is 0 Å². The molecule has 3 atom stereocenters. The fourth-order valence-electron chi connectivity index (χ4n) is 2.69. The zero-order valence-electron chi connectivity index (χ0n) is 9.74. The number of nitrogens with zero attached hydrogens (tertiary/aromatic N) is 1. The molecule has 0 amide bonds. The Balaban J connectivity index is 2.05. The first-order chi connectivity index (χ1) is 7.16. The van der Waals surface area contributed by atoms with Crippen LogP contribution < -0.4 is 5.73 Å². The third-order valence-corrected chi connectivity index (χ3v) is 5.04. The summed E-state index contributed by atoms with van der Waals surface area (Å²) in [5.74, 6) is 1.19. The monoisotopic (exact) mass is 230 g/mol. The zero-order chi connectivity index (χ0) is 10.9. The van der Waals surface area contributed by atoms with Crippen LogP contribution in [0.5, 0.6) is 0 Å². The molecule has 3 unspecified atom stereocenters. The Morgan fingerprint density at radius 2 is 2.33 bits per heavy atom. The van der Waals surface area contributed by atoms with Crippen LogP contribution in [0, 0.1) is 0 Å². The van der Waals surface area contributed by atoms with E-state index in [-0.39, 0.29) is 5.54 Å². The van der Waals surface area contributed by atoms with Gasteiger partial charge in [0, 0.05) is 36.2 Å². The Kier molecular flexibility index (Phi) is 3.60. The molecule has 3 nitrogen and oxygen atoms in total. The van der Waals surface area contributed by atoms with Gasteiger partial charge in [-0.05, 0) is 13.3 Å². The normalized spacial score (nSPS) is 43.4. The number of thioether (sulfide) groups is 1. The minimum Gasteiger partial charge on any atom is -0.376 e. The second-order valence-electron chi connectivity index (χ2n) is 4.88. The van der Waals surface area contributed by atoms with Crippen molar-refractivity contribution >= 4 is 11.8 Å². The first-order valence-corrected chi connectivity index (χ1v) is 6.89. The summed E-state index contributed by atoms with van der Waals surface area (Å²) in [4.78, 5) is 2.57.